The van der Waals surface area contributed by atoms with Gasteiger partial charge in [0, 0.05) is 32.2 Å². The van der Waals surface area contributed by atoms with Gasteiger partial charge < -0.3 is 14.7 Å². The van der Waals surface area contributed by atoms with Crippen molar-refractivity contribution in [3.63, 3.8) is 0 Å². The fraction of sp³-hybridized carbons (Fsp3) is 0.435. The summed E-state index contributed by atoms with van der Waals surface area (Å²) < 4.78 is 7.24. The molecule has 0 radical (unpaired) electrons. The Bertz CT molecular complexity index is 1080. The van der Waals surface area contributed by atoms with Gasteiger partial charge in [0.25, 0.3) is 0 Å². The van der Waals surface area contributed by atoms with Gasteiger partial charge in [-0.05, 0) is 38.0 Å². The average molecular weight is 422 g/mol. The van der Waals surface area contributed by atoms with Crippen LogP contribution >= 0.6 is 0 Å². The zero-order chi connectivity index (χ0) is 21.4. The molecule has 8 nitrogen and oxygen atoms in total. The normalized spacial score (nSPS) is 18.5. The molecule has 4 heterocycles. The molecule has 2 fully saturated rings. The largest absolute Gasteiger partial charge is 0.477 e. The summed E-state index contributed by atoms with van der Waals surface area (Å²) in [5, 5.41) is 15.4. The van der Waals surface area contributed by atoms with Gasteiger partial charge in [0.2, 0.25) is 0 Å². The van der Waals surface area contributed by atoms with E-state index in [2.05, 4.69) is 14.8 Å². The Kier molecular flexibility index (Phi) is 5.33. The summed E-state index contributed by atoms with van der Waals surface area (Å²) in [6.45, 7) is 7.35. The Labute approximate surface area is 181 Å². The molecule has 0 spiro atoms. The number of pyridine rings is 1. The molecule has 162 valence electrons. The maximum absolute atomic E-state index is 11.9. The molecular weight excluding hydrogens is 394 g/mol. The lowest BCUT2D eigenvalue weighted by Gasteiger charge is -2.41. The van der Waals surface area contributed by atoms with Crippen LogP contribution < -0.4 is 4.90 Å². The molecule has 2 aromatic heterocycles. The molecule has 2 saturated heterocycles. The number of hydrogen-bond acceptors (Lipinski definition) is 6. The van der Waals surface area contributed by atoms with Crippen LogP contribution in [0.5, 0.6) is 0 Å². The summed E-state index contributed by atoms with van der Waals surface area (Å²) in [6.07, 6.45) is 2.11. The molecule has 1 aromatic carbocycles. The second-order valence-electron chi connectivity index (χ2n) is 8.23. The van der Waals surface area contributed by atoms with Crippen molar-refractivity contribution in [1.82, 2.24) is 19.7 Å². The highest BCUT2D eigenvalue weighted by molar-refractivity contribution is 5.98. The van der Waals surface area contributed by atoms with E-state index in [9.17, 15) is 9.90 Å². The molecular formula is C23H27N5O3. The third-order valence-electron chi connectivity index (χ3n) is 6.38. The molecule has 0 bridgehead atoms. The van der Waals surface area contributed by atoms with E-state index in [4.69, 9.17) is 9.84 Å². The van der Waals surface area contributed by atoms with Crippen LogP contribution in [0.2, 0.25) is 0 Å². The van der Waals surface area contributed by atoms with Crippen molar-refractivity contribution in [1.29, 1.82) is 0 Å². The molecule has 0 atom stereocenters. The summed E-state index contributed by atoms with van der Waals surface area (Å²) in [5.74, 6) is -1.02. The molecule has 2 aliphatic heterocycles. The minimum absolute atomic E-state index is 0.0508. The van der Waals surface area contributed by atoms with E-state index in [-0.39, 0.29) is 5.69 Å². The average Bonchev–Trinajstić information content (AvgIpc) is 3.16. The number of carboxylic acids is 1. The molecule has 1 N–H and O–H groups in total. The number of aryl methyl sites for hydroxylation is 1. The number of aromatic nitrogens is 3. The quantitative estimate of drug-likeness (QED) is 0.693. The van der Waals surface area contributed by atoms with E-state index in [0.29, 0.717) is 11.7 Å². The highest BCUT2D eigenvalue weighted by Crippen LogP contribution is 2.33. The topological polar surface area (TPSA) is 83.7 Å². The van der Waals surface area contributed by atoms with E-state index in [1.807, 2.05) is 37.3 Å². The summed E-state index contributed by atoms with van der Waals surface area (Å²) in [7, 11) is 0. The van der Waals surface area contributed by atoms with Gasteiger partial charge in [-0.1, -0.05) is 18.2 Å². The molecule has 31 heavy (non-hydrogen) atoms. The lowest BCUT2D eigenvalue weighted by Crippen LogP contribution is -2.49. The van der Waals surface area contributed by atoms with Crippen molar-refractivity contribution >= 4 is 22.7 Å². The minimum atomic E-state index is -1.02. The predicted octanol–water partition coefficient (Wildman–Crippen LogP) is 2.73. The summed E-state index contributed by atoms with van der Waals surface area (Å²) in [5.41, 5.74) is 3.28. The molecule has 2 aliphatic rings. The van der Waals surface area contributed by atoms with E-state index >= 15 is 0 Å². The number of aromatic carboxylic acids is 1. The van der Waals surface area contributed by atoms with E-state index in [0.717, 1.165) is 74.7 Å². The van der Waals surface area contributed by atoms with Crippen molar-refractivity contribution in [2.24, 2.45) is 0 Å². The van der Waals surface area contributed by atoms with Gasteiger partial charge in [-0.25, -0.2) is 14.5 Å². The van der Waals surface area contributed by atoms with E-state index in [1.54, 1.807) is 10.7 Å². The number of nitrogens with zero attached hydrogens (tertiary/aromatic N) is 5. The number of ether oxygens (including phenoxy) is 1. The lowest BCUT2D eigenvalue weighted by atomic mass is 10.0. The van der Waals surface area contributed by atoms with Gasteiger partial charge in [0.15, 0.2) is 11.3 Å². The summed E-state index contributed by atoms with van der Waals surface area (Å²) in [4.78, 5) is 21.2. The zero-order valence-corrected chi connectivity index (χ0v) is 17.7. The second-order valence-corrected chi connectivity index (χ2v) is 8.23. The Morgan fingerprint density at radius 1 is 1.10 bits per heavy atom. The number of hydrogen-bond donors (Lipinski definition) is 1. The fourth-order valence-corrected chi connectivity index (χ4v) is 4.79. The molecule has 0 aliphatic carbocycles. The van der Waals surface area contributed by atoms with E-state index < -0.39 is 5.97 Å². The smallest absolute Gasteiger partial charge is 0.354 e. The Morgan fingerprint density at radius 2 is 1.81 bits per heavy atom. The lowest BCUT2D eigenvalue weighted by molar-refractivity contribution is 0.0115. The Hall–Kier alpha value is -2.97. The molecule has 5 rings (SSSR count). The molecule has 8 heteroatoms. The molecule has 0 amide bonds. The summed E-state index contributed by atoms with van der Waals surface area (Å²) in [6, 6.07) is 12.0. The predicted molar refractivity (Wildman–Crippen MR) is 118 cm³/mol. The second kappa shape index (κ2) is 8.28. The van der Waals surface area contributed by atoms with Crippen LogP contribution in [0.3, 0.4) is 0 Å². The maximum atomic E-state index is 11.9. The number of carboxylic acid groups (broad SMARTS) is 1. The first-order valence-corrected chi connectivity index (χ1v) is 10.9. The number of benzene rings is 1. The number of piperidine rings is 1. The van der Waals surface area contributed by atoms with Crippen LogP contribution in [-0.4, -0.2) is 76.2 Å². The Morgan fingerprint density at radius 3 is 2.48 bits per heavy atom. The van der Waals surface area contributed by atoms with Crippen LogP contribution in [0.4, 0.5) is 5.69 Å². The first kappa shape index (κ1) is 20.0. The number of morpholine rings is 1. The van der Waals surface area contributed by atoms with Crippen LogP contribution in [0.25, 0.3) is 16.7 Å². The van der Waals surface area contributed by atoms with Gasteiger partial charge in [-0.3, -0.25) is 4.90 Å². The monoisotopic (exact) mass is 421 g/mol. The number of para-hydroxylation sites is 1. The van der Waals surface area contributed by atoms with Gasteiger partial charge >= 0.3 is 5.97 Å². The standard InChI is InChI=1S/C23H27N5O3/c1-16-21-20(27-9-7-17(8-10-27)26-11-13-31-14-12-26)15-19(23(29)30)24-22(21)28(25-16)18-5-3-2-4-6-18/h2-6,15,17H,7-14H2,1H3,(H,29,30). The van der Waals surface area contributed by atoms with Crippen LogP contribution in [-0.2, 0) is 4.74 Å². The number of carbonyl (C=O) groups is 1. The van der Waals surface area contributed by atoms with Crippen molar-refractivity contribution in [2.45, 2.75) is 25.8 Å². The van der Waals surface area contributed by atoms with Gasteiger partial charge in [0.1, 0.15) is 0 Å². The van der Waals surface area contributed by atoms with Crippen LogP contribution in [0, 0.1) is 6.92 Å². The van der Waals surface area contributed by atoms with E-state index in [1.165, 1.54) is 0 Å². The fourth-order valence-electron chi connectivity index (χ4n) is 4.79. The molecule has 0 unspecified atom stereocenters. The van der Waals surface area contributed by atoms with Crippen LogP contribution in [0.1, 0.15) is 29.0 Å². The highest BCUT2D eigenvalue weighted by atomic mass is 16.5. The number of rotatable bonds is 4. The third kappa shape index (κ3) is 3.77. The summed E-state index contributed by atoms with van der Waals surface area (Å²) >= 11 is 0. The number of anilines is 1. The van der Waals surface area contributed by atoms with Crippen molar-refractivity contribution in [3.8, 4) is 5.69 Å². The molecule has 3 aromatic rings. The minimum Gasteiger partial charge on any atom is -0.477 e. The van der Waals surface area contributed by atoms with Crippen LogP contribution in [0.15, 0.2) is 36.4 Å². The van der Waals surface area contributed by atoms with Crippen molar-refractivity contribution in [2.75, 3.05) is 44.3 Å². The van der Waals surface area contributed by atoms with Gasteiger partial charge in [0.05, 0.1) is 35.7 Å². The molecule has 0 saturated carbocycles. The Balaban J connectivity index is 1.51. The van der Waals surface area contributed by atoms with Crippen molar-refractivity contribution in [3.05, 3.63) is 47.8 Å². The first-order chi connectivity index (χ1) is 15.1. The number of fused-ring (bicyclic) bond motifs is 1. The van der Waals surface area contributed by atoms with Gasteiger partial charge in [-0.15, -0.1) is 0 Å². The SMILES string of the molecule is Cc1nn(-c2ccccc2)c2nc(C(=O)O)cc(N3CCC(N4CCOCC4)CC3)c12. The zero-order valence-electron chi connectivity index (χ0n) is 17.7. The maximum Gasteiger partial charge on any atom is 0.354 e. The highest BCUT2D eigenvalue weighted by Gasteiger charge is 2.28. The van der Waals surface area contributed by atoms with Crippen molar-refractivity contribution < 1.29 is 14.6 Å². The first-order valence-electron chi connectivity index (χ1n) is 10.9. The third-order valence-corrected chi connectivity index (χ3v) is 6.38. The van der Waals surface area contributed by atoms with Gasteiger partial charge in [-0.2, -0.15) is 5.10 Å².